The molecule has 6 nitrogen and oxygen atoms in total. The van der Waals surface area contributed by atoms with Crippen molar-refractivity contribution in [2.75, 3.05) is 13.2 Å². The maximum atomic E-state index is 12.5. The number of nitrogens with one attached hydrogen (secondary N) is 1. The van der Waals surface area contributed by atoms with Crippen molar-refractivity contribution < 1.29 is 24.5 Å². The van der Waals surface area contributed by atoms with E-state index in [1.54, 1.807) is 0 Å². The number of aliphatic hydroxyl groups is 2. The maximum Gasteiger partial charge on any atom is 0.305 e. The number of carbonyl (C=O) groups is 2. The highest BCUT2D eigenvalue weighted by Crippen LogP contribution is 2.18. The van der Waals surface area contributed by atoms with Gasteiger partial charge in [-0.15, -0.1) is 0 Å². The lowest BCUT2D eigenvalue weighted by atomic mass is 10.0. The number of allylic oxidation sites excluding steroid dienone is 4. The van der Waals surface area contributed by atoms with Crippen molar-refractivity contribution in [2.45, 2.75) is 386 Å². The lowest BCUT2D eigenvalue weighted by Crippen LogP contribution is -2.45. The van der Waals surface area contributed by atoms with Gasteiger partial charge in [-0.2, -0.15) is 0 Å². The SMILES string of the molecule is CCCCCCCC/C=C\CCCCCCCC(=O)OCCCCCCCCCCCCC/C=C\CCCCCCCCCC(=O)NC(CO)C(O)CCCCCCCCCCCCCCCCCCCCCC. The highest BCUT2D eigenvalue weighted by molar-refractivity contribution is 5.76. The van der Waals surface area contributed by atoms with Crippen LogP contribution in [-0.2, 0) is 14.3 Å². The van der Waals surface area contributed by atoms with E-state index in [4.69, 9.17) is 4.74 Å². The fourth-order valence-electron chi connectivity index (χ4n) is 10.6. The molecule has 0 aliphatic rings. The van der Waals surface area contributed by atoms with E-state index in [0.29, 0.717) is 25.9 Å². The number of amides is 1. The van der Waals surface area contributed by atoms with Gasteiger partial charge in [0.25, 0.3) is 0 Å². The molecule has 0 radical (unpaired) electrons. The van der Waals surface area contributed by atoms with Crippen molar-refractivity contribution in [3.05, 3.63) is 24.3 Å². The molecule has 2 unspecified atom stereocenters. The summed E-state index contributed by atoms with van der Waals surface area (Å²) in [6, 6.07) is -0.547. The highest BCUT2D eigenvalue weighted by atomic mass is 16.5. The van der Waals surface area contributed by atoms with Crippen molar-refractivity contribution >= 4 is 11.9 Å². The maximum absolute atomic E-state index is 12.5. The van der Waals surface area contributed by atoms with Gasteiger partial charge in [0.1, 0.15) is 0 Å². The Labute approximate surface area is 462 Å². The fourth-order valence-corrected chi connectivity index (χ4v) is 10.6. The van der Waals surface area contributed by atoms with Gasteiger partial charge in [0.05, 0.1) is 25.4 Å². The predicted octanol–water partition coefficient (Wildman–Crippen LogP) is 21.4. The molecule has 0 saturated carbocycles. The van der Waals surface area contributed by atoms with E-state index in [9.17, 15) is 19.8 Å². The second kappa shape index (κ2) is 63.9. The third-order valence-electron chi connectivity index (χ3n) is 15.7. The molecule has 0 fully saturated rings. The third-order valence-corrected chi connectivity index (χ3v) is 15.7. The molecule has 2 atom stereocenters. The number of hydrogen-bond donors (Lipinski definition) is 3. The standard InChI is InChI=1S/C68H131NO5/c1-3-5-7-9-11-13-15-17-19-20-21-26-29-33-36-40-44-48-52-56-60-66(71)65(64-70)69-67(72)61-57-53-49-45-41-37-34-30-27-24-22-23-25-28-31-35-39-43-47-51-55-59-63-74-68(73)62-58-54-50-46-42-38-32-18-16-14-12-10-8-6-4-2/h18,24,27,32,65-66,70-71H,3-17,19-23,25-26,28-31,33-64H2,1-2H3,(H,69,72)/b27-24-,32-18-. The quantitative estimate of drug-likeness (QED) is 0.0320. The van der Waals surface area contributed by atoms with Gasteiger partial charge in [-0.1, -0.05) is 308 Å². The normalized spacial score (nSPS) is 12.6. The number of esters is 1. The second-order valence-corrected chi connectivity index (χ2v) is 23.1. The Morgan fingerprint density at radius 1 is 0.365 bits per heavy atom. The Morgan fingerprint density at radius 3 is 0.959 bits per heavy atom. The molecule has 0 aliphatic carbocycles. The molecule has 6 heteroatoms. The number of carbonyl (C=O) groups excluding carboxylic acids is 2. The largest absolute Gasteiger partial charge is 0.466 e. The molecular weight excluding hydrogens is 911 g/mol. The van der Waals surface area contributed by atoms with Gasteiger partial charge in [-0.3, -0.25) is 9.59 Å². The molecule has 0 bridgehead atoms. The van der Waals surface area contributed by atoms with Gasteiger partial charge >= 0.3 is 5.97 Å². The molecule has 0 saturated heterocycles. The minimum atomic E-state index is -0.670. The first-order chi connectivity index (χ1) is 36.5. The summed E-state index contributed by atoms with van der Waals surface area (Å²) in [5, 5.41) is 23.4. The van der Waals surface area contributed by atoms with Crippen LogP contribution < -0.4 is 5.32 Å². The monoisotopic (exact) mass is 1040 g/mol. The lowest BCUT2D eigenvalue weighted by Gasteiger charge is -2.22. The first kappa shape index (κ1) is 72.3. The molecule has 0 aromatic carbocycles. The Kier molecular flexibility index (Phi) is 62.4. The number of rotatable bonds is 63. The van der Waals surface area contributed by atoms with E-state index < -0.39 is 12.1 Å². The van der Waals surface area contributed by atoms with Gasteiger partial charge < -0.3 is 20.3 Å². The van der Waals surface area contributed by atoms with Crippen LogP contribution in [0.4, 0.5) is 0 Å². The molecule has 0 aromatic heterocycles. The van der Waals surface area contributed by atoms with Crippen molar-refractivity contribution in [3.63, 3.8) is 0 Å². The summed E-state index contributed by atoms with van der Waals surface area (Å²) in [4.78, 5) is 24.6. The van der Waals surface area contributed by atoms with E-state index in [0.717, 1.165) is 44.9 Å². The van der Waals surface area contributed by atoms with E-state index in [1.807, 2.05) is 0 Å². The number of hydrogen-bond acceptors (Lipinski definition) is 5. The summed E-state index contributed by atoms with van der Waals surface area (Å²) in [5.74, 6) is -0.0356. The molecule has 0 spiro atoms. The van der Waals surface area contributed by atoms with Crippen molar-refractivity contribution in [2.24, 2.45) is 0 Å². The molecule has 74 heavy (non-hydrogen) atoms. The number of unbranched alkanes of at least 4 members (excludes halogenated alkanes) is 48. The third kappa shape index (κ3) is 59.6. The van der Waals surface area contributed by atoms with Crippen LogP contribution in [0.1, 0.15) is 373 Å². The van der Waals surface area contributed by atoms with E-state index in [-0.39, 0.29) is 18.5 Å². The zero-order chi connectivity index (χ0) is 53.6. The summed E-state index contributed by atoms with van der Waals surface area (Å²) in [5.41, 5.74) is 0. The van der Waals surface area contributed by atoms with Crippen LogP contribution in [0.5, 0.6) is 0 Å². The van der Waals surface area contributed by atoms with Crippen LogP contribution in [-0.4, -0.2) is 47.4 Å². The number of aliphatic hydroxyl groups excluding tert-OH is 2. The zero-order valence-corrected chi connectivity index (χ0v) is 50.1. The van der Waals surface area contributed by atoms with Crippen LogP contribution in [0.2, 0.25) is 0 Å². The molecular formula is C68H131NO5. The van der Waals surface area contributed by atoms with Crippen LogP contribution in [0.3, 0.4) is 0 Å². The smallest absolute Gasteiger partial charge is 0.305 e. The molecule has 0 rings (SSSR count). The van der Waals surface area contributed by atoms with E-state index >= 15 is 0 Å². The summed E-state index contributed by atoms with van der Waals surface area (Å²) >= 11 is 0. The highest BCUT2D eigenvalue weighted by Gasteiger charge is 2.20. The van der Waals surface area contributed by atoms with Gasteiger partial charge in [-0.25, -0.2) is 0 Å². The number of ether oxygens (including phenoxy) is 1. The Balaban J connectivity index is 3.42. The average molecular weight is 1040 g/mol. The van der Waals surface area contributed by atoms with Gasteiger partial charge in [-0.05, 0) is 77.0 Å². The summed E-state index contributed by atoms with van der Waals surface area (Å²) in [6.45, 7) is 4.97. The Bertz CT molecular complexity index is 1150. The van der Waals surface area contributed by atoms with Gasteiger partial charge in [0.2, 0.25) is 5.91 Å². The van der Waals surface area contributed by atoms with Crippen LogP contribution >= 0.6 is 0 Å². The Hall–Kier alpha value is -1.66. The predicted molar refractivity (Wildman–Crippen MR) is 324 cm³/mol. The molecule has 0 aromatic rings. The van der Waals surface area contributed by atoms with Gasteiger partial charge in [0.15, 0.2) is 0 Å². The average Bonchev–Trinajstić information content (AvgIpc) is 3.40. The fraction of sp³-hybridized carbons (Fsp3) is 0.912. The molecule has 438 valence electrons. The minimum absolute atomic E-state index is 0.00279. The van der Waals surface area contributed by atoms with Gasteiger partial charge in [0, 0.05) is 12.8 Å². The van der Waals surface area contributed by atoms with Crippen molar-refractivity contribution in [1.29, 1.82) is 0 Å². The zero-order valence-electron chi connectivity index (χ0n) is 50.1. The van der Waals surface area contributed by atoms with Crippen LogP contribution in [0.15, 0.2) is 24.3 Å². The van der Waals surface area contributed by atoms with Crippen LogP contribution in [0, 0.1) is 0 Å². The summed E-state index contributed by atoms with van der Waals surface area (Å²) < 4.78 is 5.48. The topological polar surface area (TPSA) is 95.9 Å². The minimum Gasteiger partial charge on any atom is -0.466 e. The van der Waals surface area contributed by atoms with E-state index in [1.165, 1.54) is 295 Å². The van der Waals surface area contributed by atoms with Crippen molar-refractivity contribution in [3.8, 4) is 0 Å². The first-order valence-electron chi connectivity index (χ1n) is 33.6. The second-order valence-electron chi connectivity index (χ2n) is 23.1. The molecule has 3 N–H and O–H groups in total. The van der Waals surface area contributed by atoms with E-state index in [2.05, 4.69) is 43.5 Å². The molecule has 1 amide bonds. The lowest BCUT2D eigenvalue weighted by molar-refractivity contribution is -0.143. The summed E-state index contributed by atoms with van der Waals surface area (Å²) in [7, 11) is 0. The first-order valence-corrected chi connectivity index (χ1v) is 33.6. The summed E-state index contributed by atoms with van der Waals surface area (Å²) in [6.07, 6.45) is 79.2. The Morgan fingerprint density at radius 2 is 0.635 bits per heavy atom. The molecule has 0 aliphatic heterocycles. The van der Waals surface area contributed by atoms with Crippen LogP contribution in [0.25, 0.3) is 0 Å². The molecule has 0 heterocycles. The van der Waals surface area contributed by atoms with Crippen molar-refractivity contribution in [1.82, 2.24) is 5.32 Å².